The van der Waals surface area contributed by atoms with E-state index < -0.39 is 0 Å². The molecule has 0 aliphatic carbocycles. The molecule has 0 N–H and O–H groups in total. The quantitative estimate of drug-likeness (QED) is 0.698. The van der Waals surface area contributed by atoms with Gasteiger partial charge in [-0.25, -0.2) is 0 Å². The minimum absolute atomic E-state index is 0.754. The van der Waals surface area contributed by atoms with Gasteiger partial charge in [0, 0.05) is 6.42 Å². The Morgan fingerprint density at radius 3 is 2.73 bits per heavy atom. The van der Waals surface area contributed by atoms with E-state index in [-0.39, 0.29) is 0 Å². The van der Waals surface area contributed by atoms with Crippen LogP contribution in [0.25, 0.3) is 0 Å². The molecule has 1 aromatic carbocycles. The largest absolute Gasteiger partial charge is 0.137 e. The molecule has 1 aliphatic rings. The van der Waals surface area contributed by atoms with Crippen LogP contribution in [-0.4, -0.2) is 0 Å². The van der Waals surface area contributed by atoms with Gasteiger partial charge in [0.05, 0.1) is 11.9 Å². The molecule has 4 heteroatoms. The van der Waals surface area contributed by atoms with Gasteiger partial charge in [-0.05, 0) is 28.2 Å². The van der Waals surface area contributed by atoms with E-state index in [0.717, 1.165) is 12.1 Å². The average Bonchev–Trinajstić information content (AvgIpc) is 2.23. The van der Waals surface area contributed by atoms with E-state index in [2.05, 4.69) is 32.8 Å². The first-order chi connectivity index (χ1) is 7.45. The van der Waals surface area contributed by atoms with Gasteiger partial charge in [0.15, 0.2) is 0 Å². The van der Waals surface area contributed by atoms with E-state index in [1.165, 1.54) is 5.56 Å². The monoisotopic (exact) mass is 198 g/mol. The molecule has 1 aromatic rings. The van der Waals surface area contributed by atoms with Gasteiger partial charge in [-0.15, -0.1) is 10.2 Å². The molecule has 4 nitrogen and oxygen atoms in total. The van der Waals surface area contributed by atoms with Gasteiger partial charge in [-0.2, -0.15) is 0 Å². The summed E-state index contributed by atoms with van der Waals surface area (Å²) in [5.74, 6) is 0. The highest BCUT2D eigenvalue weighted by molar-refractivity contribution is 5.23. The van der Waals surface area contributed by atoms with Gasteiger partial charge in [-0.1, -0.05) is 30.3 Å². The summed E-state index contributed by atoms with van der Waals surface area (Å²) in [6.45, 7) is 0. The van der Waals surface area contributed by atoms with Crippen LogP contribution in [0.3, 0.4) is 0 Å². The normalized spacial score (nSPS) is 14.5. The van der Waals surface area contributed by atoms with Crippen LogP contribution >= 0.6 is 0 Å². The maximum absolute atomic E-state index is 3.95. The Bertz CT molecular complexity index is 429. The minimum Gasteiger partial charge on any atom is -0.137 e. The highest BCUT2D eigenvalue weighted by atomic mass is 15.5. The van der Waals surface area contributed by atoms with Crippen molar-refractivity contribution in [1.82, 2.24) is 0 Å². The average molecular weight is 198 g/mol. The number of nitrogens with zero attached hydrogens (tertiary/aromatic N) is 4. The maximum atomic E-state index is 3.95. The highest BCUT2D eigenvalue weighted by Crippen LogP contribution is 2.10. The molecule has 1 aliphatic heterocycles. The van der Waals surface area contributed by atoms with Crippen LogP contribution in [0.5, 0.6) is 0 Å². The first-order valence-electron chi connectivity index (χ1n) is 4.65. The Morgan fingerprint density at radius 2 is 1.87 bits per heavy atom. The van der Waals surface area contributed by atoms with E-state index in [4.69, 9.17) is 0 Å². The predicted molar refractivity (Wildman–Crippen MR) is 57.1 cm³/mol. The van der Waals surface area contributed by atoms with Gasteiger partial charge in [0.1, 0.15) is 0 Å². The summed E-state index contributed by atoms with van der Waals surface area (Å²) in [6, 6.07) is 10.1. The SMILES string of the molecule is C1=CN=NN=NC(Cc2ccccc2)=C1. The van der Waals surface area contributed by atoms with Crippen molar-refractivity contribution < 1.29 is 0 Å². The molecule has 0 unspecified atom stereocenters. The fraction of sp³-hybridized carbons (Fsp3) is 0.0909. The van der Waals surface area contributed by atoms with Crippen molar-refractivity contribution in [3.63, 3.8) is 0 Å². The zero-order chi connectivity index (χ0) is 10.3. The molecule has 1 heterocycles. The molecule has 0 saturated heterocycles. The molecular formula is C11H10N4. The smallest absolute Gasteiger partial charge is 0.0693 e. The Morgan fingerprint density at radius 1 is 1.00 bits per heavy atom. The Hall–Kier alpha value is -2.10. The second kappa shape index (κ2) is 4.95. The molecule has 0 fully saturated rings. The van der Waals surface area contributed by atoms with Crippen molar-refractivity contribution in [2.75, 3.05) is 0 Å². The number of benzene rings is 1. The van der Waals surface area contributed by atoms with Crippen molar-refractivity contribution >= 4 is 0 Å². The molecule has 74 valence electrons. The van der Waals surface area contributed by atoms with Crippen LogP contribution in [0.4, 0.5) is 0 Å². The van der Waals surface area contributed by atoms with Gasteiger partial charge in [-0.3, -0.25) is 0 Å². The molecule has 15 heavy (non-hydrogen) atoms. The lowest BCUT2D eigenvalue weighted by molar-refractivity contribution is 0.896. The molecule has 0 bridgehead atoms. The lowest BCUT2D eigenvalue weighted by Crippen LogP contribution is -1.87. The Labute approximate surface area is 87.7 Å². The number of rotatable bonds is 2. The Balaban J connectivity index is 2.12. The summed E-state index contributed by atoms with van der Waals surface area (Å²) < 4.78 is 0. The van der Waals surface area contributed by atoms with Crippen molar-refractivity contribution in [1.29, 1.82) is 0 Å². The molecule has 2 rings (SSSR count). The number of allylic oxidation sites excluding steroid dienone is 3. The molecule has 0 saturated carbocycles. The minimum atomic E-state index is 0.754. The van der Waals surface area contributed by atoms with Crippen LogP contribution in [0, 0.1) is 0 Å². The highest BCUT2D eigenvalue weighted by Gasteiger charge is 1.97. The topological polar surface area (TPSA) is 49.4 Å². The lowest BCUT2D eigenvalue weighted by Gasteiger charge is -1.99. The van der Waals surface area contributed by atoms with E-state index in [0.29, 0.717) is 0 Å². The first kappa shape index (κ1) is 9.45. The van der Waals surface area contributed by atoms with Crippen LogP contribution in [0.15, 0.2) is 75.1 Å². The molecule has 0 spiro atoms. The third-order valence-corrected chi connectivity index (χ3v) is 1.93. The zero-order valence-corrected chi connectivity index (χ0v) is 8.11. The van der Waals surface area contributed by atoms with E-state index in [1.807, 2.05) is 24.3 Å². The summed E-state index contributed by atoms with van der Waals surface area (Å²) >= 11 is 0. The van der Waals surface area contributed by atoms with Gasteiger partial charge < -0.3 is 0 Å². The summed E-state index contributed by atoms with van der Waals surface area (Å²) in [6.07, 6.45) is 6.03. The summed E-state index contributed by atoms with van der Waals surface area (Å²) in [4.78, 5) is 0. The molecule has 0 radical (unpaired) electrons. The van der Waals surface area contributed by atoms with Crippen LogP contribution in [-0.2, 0) is 6.42 Å². The number of hydrogen-bond donors (Lipinski definition) is 0. The molecular weight excluding hydrogens is 188 g/mol. The van der Waals surface area contributed by atoms with Crippen molar-refractivity contribution in [3.8, 4) is 0 Å². The summed E-state index contributed by atoms with van der Waals surface area (Å²) in [5, 5.41) is 14.6. The second-order valence-electron chi connectivity index (χ2n) is 3.06. The Kier molecular flexibility index (Phi) is 3.12. The third-order valence-electron chi connectivity index (χ3n) is 1.93. The van der Waals surface area contributed by atoms with Crippen molar-refractivity contribution in [3.05, 3.63) is 59.9 Å². The number of hydrogen-bond acceptors (Lipinski definition) is 4. The fourth-order valence-electron chi connectivity index (χ4n) is 1.26. The fourth-order valence-corrected chi connectivity index (χ4v) is 1.26. The summed E-state index contributed by atoms with van der Waals surface area (Å²) in [5.41, 5.74) is 2.07. The summed E-state index contributed by atoms with van der Waals surface area (Å²) in [7, 11) is 0. The second-order valence-corrected chi connectivity index (χ2v) is 3.06. The predicted octanol–water partition coefficient (Wildman–Crippen LogP) is 3.46. The maximum Gasteiger partial charge on any atom is 0.0693 e. The van der Waals surface area contributed by atoms with Gasteiger partial charge >= 0.3 is 0 Å². The van der Waals surface area contributed by atoms with Crippen molar-refractivity contribution in [2.45, 2.75) is 6.42 Å². The first-order valence-corrected chi connectivity index (χ1v) is 4.65. The lowest BCUT2D eigenvalue weighted by atomic mass is 10.1. The zero-order valence-electron chi connectivity index (χ0n) is 8.11. The molecule has 0 aromatic heterocycles. The van der Waals surface area contributed by atoms with Gasteiger partial charge in [0.2, 0.25) is 0 Å². The van der Waals surface area contributed by atoms with E-state index in [9.17, 15) is 0 Å². The molecule has 0 atom stereocenters. The van der Waals surface area contributed by atoms with Crippen molar-refractivity contribution in [2.24, 2.45) is 20.7 Å². The van der Waals surface area contributed by atoms with Crippen LogP contribution < -0.4 is 0 Å². The van der Waals surface area contributed by atoms with E-state index >= 15 is 0 Å². The van der Waals surface area contributed by atoms with Crippen LogP contribution in [0.2, 0.25) is 0 Å². The third kappa shape index (κ3) is 2.95. The molecule has 0 amide bonds. The standard InChI is InChI=1S/C11H10N4/c1-2-5-10(6-3-1)9-11-7-4-8-12-14-15-13-11/h1-8H,9H2. The van der Waals surface area contributed by atoms with Crippen LogP contribution in [0.1, 0.15) is 5.56 Å². The van der Waals surface area contributed by atoms with E-state index in [1.54, 1.807) is 12.3 Å². The van der Waals surface area contributed by atoms with Gasteiger partial charge in [0.25, 0.3) is 0 Å².